The number of ether oxygens (including phenoxy) is 2. The number of aromatic nitrogens is 4. The van der Waals surface area contributed by atoms with E-state index in [0.29, 0.717) is 17.0 Å². The van der Waals surface area contributed by atoms with Gasteiger partial charge in [-0.2, -0.15) is 0 Å². The maximum Gasteiger partial charge on any atom is 0.306 e. The summed E-state index contributed by atoms with van der Waals surface area (Å²) in [7, 11) is 3.76. The molecule has 0 bridgehead atoms. The molecule has 0 aromatic carbocycles. The van der Waals surface area contributed by atoms with Crippen molar-refractivity contribution in [2.45, 2.75) is 24.9 Å². The van der Waals surface area contributed by atoms with Crippen LogP contribution < -0.4 is 4.90 Å². The van der Waals surface area contributed by atoms with Crippen LogP contribution >= 0.6 is 0 Å². The second-order valence-corrected chi connectivity index (χ2v) is 5.99. The van der Waals surface area contributed by atoms with Crippen LogP contribution in [-0.2, 0) is 14.3 Å². The lowest BCUT2D eigenvalue weighted by Gasteiger charge is -2.18. The fraction of sp³-hybridized carbons (Fsp3) is 0.571. The predicted molar refractivity (Wildman–Crippen MR) is 78.6 cm³/mol. The molecule has 0 saturated carbocycles. The highest BCUT2D eigenvalue weighted by Gasteiger charge is 2.52. The van der Waals surface area contributed by atoms with Gasteiger partial charge in [-0.3, -0.25) is 9.36 Å². The smallest absolute Gasteiger partial charge is 0.306 e. The van der Waals surface area contributed by atoms with Gasteiger partial charge in [-0.05, 0) is 0 Å². The van der Waals surface area contributed by atoms with Gasteiger partial charge in [-0.25, -0.2) is 15.0 Å². The Balaban J connectivity index is 1.78. The molecule has 23 heavy (non-hydrogen) atoms. The number of esters is 1. The number of hydrogen-bond acceptors (Lipinski definition) is 8. The molecule has 9 heteroatoms. The number of hydrogen-bond donors (Lipinski definition) is 1. The summed E-state index contributed by atoms with van der Waals surface area (Å²) in [6.07, 6.45) is 1.93. The Morgan fingerprint density at radius 1 is 1.39 bits per heavy atom. The molecular weight excluding hydrogens is 302 g/mol. The number of nitrogens with zero attached hydrogens (tertiary/aromatic N) is 5. The topological polar surface area (TPSA) is 103 Å². The van der Waals surface area contributed by atoms with Crippen LogP contribution in [0.3, 0.4) is 0 Å². The van der Waals surface area contributed by atoms with Crippen LogP contribution in [0.1, 0.15) is 12.6 Å². The molecule has 2 aromatic rings. The normalized spacial score (nSPS) is 29.8. The monoisotopic (exact) mass is 319 g/mol. The molecule has 0 unspecified atom stereocenters. The van der Waals surface area contributed by atoms with Crippen molar-refractivity contribution in [3.63, 3.8) is 0 Å². The van der Waals surface area contributed by atoms with E-state index in [2.05, 4.69) is 15.0 Å². The van der Waals surface area contributed by atoms with E-state index in [1.165, 1.54) is 6.33 Å². The molecule has 1 N–H and O–H groups in total. The summed E-state index contributed by atoms with van der Waals surface area (Å²) >= 11 is 0. The second kappa shape index (κ2) is 5.14. The Morgan fingerprint density at radius 2 is 2.22 bits per heavy atom. The average Bonchev–Trinajstić information content (AvgIpc) is 3.19. The molecule has 2 aromatic heterocycles. The number of carbonyl (C=O) groups is 1. The van der Waals surface area contributed by atoms with Gasteiger partial charge in [-0.15, -0.1) is 0 Å². The van der Waals surface area contributed by atoms with Crippen molar-refractivity contribution < 1.29 is 19.4 Å². The standard InChI is InChI=1S/C14H17N5O4/c1-18(2)12-10-13(16-5-15-12)19(6-17-10)14-11-7(3-9(21)23-11)8(4-20)22-14/h5-8,11,14,20H,3-4H2,1-2H3/t7-,8-,11-,14-/m1/s1. The minimum Gasteiger partial charge on any atom is -0.457 e. The summed E-state index contributed by atoms with van der Waals surface area (Å²) in [5, 5.41) is 9.50. The molecule has 0 radical (unpaired) electrons. The number of anilines is 1. The molecule has 9 nitrogen and oxygen atoms in total. The van der Waals surface area contributed by atoms with Crippen molar-refractivity contribution in [2.75, 3.05) is 25.6 Å². The van der Waals surface area contributed by atoms with Crippen LogP contribution in [0.25, 0.3) is 11.2 Å². The van der Waals surface area contributed by atoms with Gasteiger partial charge in [0.05, 0.1) is 25.5 Å². The Labute approximate surface area is 131 Å². The number of imidazole rings is 1. The van der Waals surface area contributed by atoms with Gasteiger partial charge < -0.3 is 19.5 Å². The molecular formula is C14H17N5O4. The Morgan fingerprint density at radius 3 is 2.96 bits per heavy atom. The van der Waals surface area contributed by atoms with Crippen molar-refractivity contribution >= 4 is 23.0 Å². The quantitative estimate of drug-likeness (QED) is 0.770. The molecule has 4 heterocycles. The molecule has 122 valence electrons. The van der Waals surface area contributed by atoms with Gasteiger partial charge in [0.2, 0.25) is 0 Å². The maximum absolute atomic E-state index is 11.6. The SMILES string of the molecule is CN(C)c1ncnc2c1ncn2[C@@H]1O[C@H](CO)[C@H]2CC(=O)O[C@H]21. The Kier molecular flexibility index (Phi) is 3.20. The van der Waals surface area contributed by atoms with Gasteiger partial charge in [0, 0.05) is 20.0 Å². The molecule has 2 aliphatic heterocycles. The van der Waals surface area contributed by atoms with E-state index in [1.54, 1.807) is 10.9 Å². The molecule has 2 saturated heterocycles. The average molecular weight is 319 g/mol. The van der Waals surface area contributed by atoms with Gasteiger partial charge in [0.1, 0.15) is 6.33 Å². The van der Waals surface area contributed by atoms with E-state index in [0.717, 1.165) is 0 Å². The fourth-order valence-electron chi connectivity index (χ4n) is 3.32. The first-order valence-corrected chi connectivity index (χ1v) is 7.41. The molecule has 0 spiro atoms. The van der Waals surface area contributed by atoms with E-state index in [-0.39, 0.29) is 24.9 Å². The number of rotatable bonds is 3. The molecule has 0 aliphatic carbocycles. The zero-order valence-electron chi connectivity index (χ0n) is 12.8. The van der Waals surface area contributed by atoms with Crippen molar-refractivity contribution in [2.24, 2.45) is 5.92 Å². The van der Waals surface area contributed by atoms with Crippen LogP contribution in [0.4, 0.5) is 5.82 Å². The third-order valence-corrected chi connectivity index (χ3v) is 4.38. The molecule has 0 amide bonds. The minimum absolute atomic E-state index is 0.148. The molecule has 4 atom stereocenters. The van der Waals surface area contributed by atoms with E-state index in [4.69, 9.17) is 9.47 Å². The summed E-state index contributed by atoms with van der Waals surface area (Å²) in [6, 6.07) is 0. The largest absolute Gasteiger partial charge is 0.457 e. The summed E-state index contributed by atoms with van der Waals surface area (Å²) in [5.41, 5.74) is 1.25. The van der Waals surface area contributed by atoms with Gasteiger partial charge >= 0.3 is 5.97 Å². The lowest BCUT2D eigenvalue weighted by Crippen LogP contribution is -2.24. The number of aliphatic hydroxyl groups excluding tert-OH is 1. The fourth-order valence-corrected chi connectivity index (χ4v) is 3.32. The number of carbonyl (C=O) groups excluding carboxylic acids is 1. The minimum atomic E-state index is -0.543. The van der Waals surface area contributed by atoms with E-state index in [1.807, 2.05) is 19.0 Å². The Bertz CT molecular complexity index is 761. The number of fused-ring (bicyclic) bond motifs is 2. The van der Waals surface area contributed by atoms with E-state index in [9.17, 15) is 9.90 Å². The summed E-state index contributed by atoms with van der Waals surface area (Å²) in [6.45, 7) is -0.154. The van der Waals surface area contributed by atoms with Gasteiger partial charge in [0.15, 0.2) is 29.3 Å². The van der Waals surface area contributed by atoms with Crippen LogP contribution in [0.2, 0.25) is 0 Å². The first kappa shape index (κ1) is 14.3. The van der Waals surface area contributed by atoms with Crippen molar-refractivity contribution in [3.05, 3.63) is 12.7 Å². The first-order valence-electron chi connectivity index (χ1n) is 7.41. The third-order valence-electron chi connectivity index (χ3n) is 4.38. The van der Waals surface area contributed by atoms with E-state index < -0.39 is 18.4 Å². The highest BCUT2D eigenvalue weighted by molar-refractivity contribution is 5.83. The lowest BCUT2D eigenvalue weighted by molar-refractivity contribution is -0.149. The van der Waals surface area contributed by atoms with Crippen molar-refractivity contribution in [3.8, 4) is 0 Å². The van der Waals surface area contributed by atoms with Crippen LogP contribution in [-0.4, -0.2) is 63.5 Å². The summed E-state index contributed by atoms with van der Waals surface area (Å²) < 4.78 is 13.0. The number of aliphatic hydroxyl groups is 1. The highest BCUT2D eigenvalue weighted by Crippen LogP contribution is 2.43. The first-order chi connectivity index (χ1) is 11.1. The maximum atomic E-state index is 11.6. The molecule has 2 aliphatic rings. The second-order valence-electron chi connectivity index (χ2n) is 5.99. The molecule has 2 fully saturated rings. The summed E-state index contributed by atoms with van der Waals surface area (Å²) in [5.74, 6) is 0.287. The Hall–Kier alpha value is -2.26. The summed E-state index contributed by atoms with van der Waals surface area (Å²) in [4.78, 5) is 26.4. The lowest BCUT2D eigenvalue weighted by atomic mass is 9.97. The predicted octanol–water partition coefficient (Wildman–Crippen LogP) is -0.286. The van der Waals surface area contributed by atoms with Gasteiger partial charge in [-0.1, -0.05) is 0 Å². The van der Waals surface area contributed by atoms with Gasteiger partial charge in [0.25, 0.3) is 0 Å². The van der Waals surface area contributed by atoms with Crippen molar-refractivity contribution in [1.29, 1.82) is 0 Å². The van der Waals surface area contributed by atoms with Crippen LogP contribution in [0, 0.1) is 5.92 Å². The third kappa shape index (κ3) is 2.07. The van der Waals surface area contributed by atoms with Crippen LogP contribution in [0.15, 0.2) is 12.7 Å². The van der Waals surface area contributed by atoms with Crippen LogP contribution in [0.5, 0.6) is 0 Å². The van der Waals surface area contributed by atoms with E-state index >= 15 is 0 Å². The molecule has 4 rings (SSSR count). The highest BCUT2D eigenvalue weighted by atomic mass is 16.6. The zero-order chi connectivity index (χ0) is 16.1. The zero-order valence-corrected chi connectivity index (χ0v) is 12.8. The van der Waals surface area contributed by atoms with Crippen molar-refractivity contribution in [1.82, 2.24) is 19.5 Å².